The first kappa shape index (κ1) is 11.9. The number of nitrogens with two attached hydrogens (primary N) is 1. The van der Waals surface area contributed by atoms with Crippen molar-refractivity contribution < 1.29 is 14.7 Å². The number of carbonyl (C=O) groups excluding carboxylic acids is 1. The van der Waals surface area contributed by atoms with Crippen molar-refractivity contribution in [3.8, 4) is 0 Å². The SMILES string of the molecule is CC(CN)CC(=O)N[C@@H](C)C(=O)O. The summed E-state index contributed by atoms with van der Waals surface area (Å²) in [6.07, 6.45) is 0.272. The van der Waals surface area contributed by atoms with E-state index >= 15 is 0 Å². The maximum atomic E-state index is 11.1. The molecule has 0 aliphatic heterocycles. The Labute approximate surface area is 77.3 Å². The van der Waals surface area contributed by atoms with Gasteiger partial charge in [0, 0.05) is 6.42 Å². The van der Waals surface area contributed by atoms with Crippen LogP contribution in [-0.4, -0.2) is 29.6 Å². The van der Waals surface area contributed by atoms with Gasteiger partial charge in [-0.3, -0.25) is 9.59 Å². The van der Waals surface area contributed by atoms with Crippen molar-refractivity contribution in [2.24, 2.45) is 11.7 Å². The van der Waals surface area contributed by atoms with Gasteiger partial charge in [0.05, 0.1) is 0 Å². The second-order valence-corrected chi connectivity index (χ2v) is 3.17. The van der Waals surface area contributed by atoms with Gasteiger partial charge in [0.15, 0.2) is 0 Å². The van der Waals surface area contributed by atoms with Gasteiger partial charge in [-0.15, -0.1) is 0 Å². The molecule has 0 saturated carbocycles. The Morgan fingerprint density at radius 3 is 2.38 bits per heavy atom. The molecule has 0 aliphatic rings. The van der Waals surface area contributed by atoms with E-state index < -0.39 is 12.0 Å². The molecule has 0 aromatic heterocycles. The van der Waals surface area contributed by atoms with E-state index in [1.54, 1.807) is 0 Å². The lowest BCUT2D eigenvalue weighted by Crippen LogP contribution is -2.39. The fraction of sp³-hybridized carbons (Fsp3) is 0.750. The first-order valence-corrected chi connectivity index (χ1v) is 4.19. The standard InChI is InChI=1S/C8H16N2O3/c1-5(4-9)3-7(11)10-6(2)8(12)13/h5-6H,3-4,9H2,1-2H3,(H,10,11)(H,12,13)/t5?,6-/m0/s1. The van der Waals surface area contributed by atoms with Crippen molar-refractivity contribution in [2.45, 2.75) is 26.3 Å². The number of nitrogens with one attached hydrogen (secondary N) is 1. The fourth-order valence-corrected chi connectivity index (χ4v) is 0.762. The first-order valence-electron chi connectivity index (χ1n) is 4.19. The zero-order valence-corrected chi connectivity index (χ0v) is 7.91. The van der Waals surface area contributed by atoms with Crippen molar-refractivity contribution in [1.82, 2.24) is 5.32 Å². The summed E-state index contributed by atoms with van der Waals surface area (Å²) in [6.45, 7) is 3.69. The minimum atomic E-state index is -1.03. The van der Waals surface area contributed by atoms with Gasteiger partial charge in [-0.25, -0.2) is 0 Å². The molecule has 0 aliphatic carbocycles. The van der Waals surface area contributed by atoms with Crippen molar-refractivity contribution in [1.29, 1.82) is 0 Å². The van der Waals surface area contributed by atoms with Crippen molar-refractivity contribution in [3.05, 3.63) is 0 Å². The number of carboxylic acids is 1. The van der Waals surface area contributed by atoms with Gasteiger partial charge in [0.2, 0.25) is 5.91 Å². The summed E-state index contributed by atoms with van der Waals surface area (Å²) in [4.78, 5) is 21.4. The van der Waals surface area contributed by atoms with Gasteiger partial charge in [0.1, 0.15) is 6.04 Å². The number of aliphatic carboxylic acids is 1. The fourth-order valence-electron chi connectivity index (χ4n) is 0.762. The maximum absolute atomic E-state index is 11.1. The summed E-state index contributed by atoms with van der Waals surface area (Å²) in [7, 11) is 0. The van der Waals surface area contributed by atoms with Crippen LogP contribution in [0.3, 0.4) is 0 Å². The number of carboxylic acid groups (broad SMARTS) is 1. The summed E-state index contributed by atoms with van der Waals surface area (Å²) in [5.41, 5.74) is 5.31. The highest BCUT2D eigenvalue weighted by Crippen LogP contribution is 1.98. The molecule has 0 heterocycles. The van der Waals surface area contributed by atoms with Crippen molar-refractivity contribution in [2.75, 3.05) is 6.54 Å². The van der Waals surface area contributed by atoms with Crippen LogP contribution in [0.4, 0.5) is 0 Å². The zero-order valence-electron chi connectivity index (χ0n) is 7.91. The van der Waals surface area contributed by atoms with E-state index in [9.17, 15) is 9.59 Å². The number of hydrogen-bond acceptors (Lipinski definition) is 3. The van der Waals surface area contributed by atoms with E-state index in [2.05, 4.69) is 5.32 Å². The van der Waals surface area contributed by atoms with Crippen LogP contribution in [0.25, 0.3) is 0 Å². The molecule has 1 unspecified atom stereocenters. The number of amides is 1. The van der Waals surface area contributed by atoms with Crippen molar-refractivity contribution >= 4 is 11.9 Å². The van der Waals surface area contributed by atoms with Crippen LogP contribution in [-0.2, 0) is 9.59 Å². The lowest BCUT2D eigenvalue weighted by Gasteiger charge is -2.11. The van der Waals surface area contributed by atoms with E-state index in [0.29, 0.717) is 6.54 Å². The van der Waals surface area contributed by atoms with Crippen LogP contribution in [0.1, 0.15) is 20.3 Å². The van der Waals surface area contributed by atoms with Gasteiger partial charge in [-0.05, 0) is 19.4 Å². The largest absolute Gasteiger partial charge is 0.480 e. The molecular formula is C8H16N2O3. The molecular weight excluding hydrogens is 172 g/mol. The van der Waals surface area contributed by atoms with E-state index in [0.717, 1.165) is 0 Å². The van der Waals surface area contributed by atoms with Crippen LogP contribution in [0.2, 0.25) is 0 Å². The quantitative estimate of drug-likeness (QED) is 0.545. The Balaban J connectivity index is 3.81. The van der Waals surface area contributed by atoms with Crippen molar-refractivity contribution in [3.63, 3.8) is 0 Å². The van der Waals surface area contributed by atoms with E-state index in [4.69, 9.17) is 10.8 Å². The molecule has 0 bridgehead atoms. The zero-order chi connectivity index (χ0) is 10.4. The highest BCUT2D eigenvalue weighted by Gasteiger charge is 2.15. The molecule has 2 atom stereocenters. The Morgan fingerprint density at radius 2 is 2.00 bits per heavy atom. The highest BCUT2D eigenvalue weighted by molar-refractivity contribution is 5.83. The molecule has 0 aromatic carbocycles. The van der Waals surface area contributed by atoms with Gasteiger partial charge < -0.3 is 16.2 Å². The molecule has 0 saturated heterocycles. The lowest BCUT2D eigenvalue weighted by molar-refractivity contribution is -0.141. The molecule has 76 valence electrons. The Morgan fingerprint density at radius 1 is 1.46 bits per heavy atom. The summed E-state index contributed by atoms with van der Waals surface area (Å²) >= 11 is 0. The molecule has 1 amide bonds. The molecule has 0 fully saturated rings. The van der Waals surface area contributed by atoms with E-state index in [1.807, 2.05) is 6.92 Å². The Kier molecular flexibility index (Phi) is 5.06. The van der Waals surface area contributed by atoms with Crippen LogP contribution in [0, 0.1) is 5.92 Å². The molecule has 4 N–H and O–H groups in total. The predicted molar refractivity (Wildman–Crippen MR) is 48.1 cm³/mol. The maximum Gasteiger partial charge on any atom is 0.325 e. The summed E-state index contributed by atoms with van der Waals surface area (Å²) < 4.78 is 0. The molecule has 5 heteroatoms. The molecule has 0 aromatic rings. The summed E-state index contributed by atoms with van der Waals surface area (Å²) in [5, 5.41) is 10.8. The average Bonchev–Trinajstić information content (AvgIpc) is 2.03. The average molecular weight is 188 g/mol. The number of carbonyl (C=O) groups is 2. The third kappa shape index (κ3) is 5.19. The topological polar surface area (TPSA) is 92.4 Å². The minimum Gasteiger partial charge on any atom is -0.480 e. The predicted octanol–water partition coefficient (Wildman–Crippen LogP) is -0.439. The van der Waals surface area contributed by atoms with Gasteiger partial charge in [-0.1, -0.05) is 6.92 Å². The summed E-state index contributed by atoms with van der Waals surface area (Å²) in [5.74, 6) is -1.22. The highest BCUT2D eigenvalue weighted by atomic mass is 16.4. The second-order valence-electron chi connectivity index (χ2n) is 3.17. The third-order valence-electron chi connectivity index (χ3n) is 1.68. The minimum absolute atomic E-state index is 0.0843. The number of rotatable bonds is 5. The van der Waals surface area contributed by atoms with Gasteiger partial charge >= 0.3 is 5.97 Å². The van der Waals surface area contributed by atoms with Gasteiger partial charge in [-0.2, -0.15) is 0 Å². The van der Waals surface area contributed by atoms with Gasteiger partial charge in [0.25, 0.3) is 0 Å². The lowest BCUT2D eigenvalue weighted by atomic mass is 10.1. The monoisotopic (exact) mass is 188 g/mol. The molecule has 0 radical (unpaired) electrons. The molecule has 13 heavy (non-hydrogen) atoms. The molecule has 5 nitrogen and oxygen atoms in total. The third-order valence-corrected chi connectivity index (χ3v) is 1.68. The summed E-state index contributed by atoms with van der Waals surface area (Å²) in [6, 6.07) is -0.836. The van der Waals surface area contributed by atoms with Crippen LogP contribution in [0.15, 0.2) is 0 Å². The normalized spacial score (nSPS) is 14.7. The van der Waals surface area contributed by atoms with E-state index in [-0.39, 0.29) is 18.2 Å². The Hall–Kier alpha value is -1.10. The van der Waals surface area contributed by atoms with E-state index in [1.165, 1.54) is 6.92 Å². The van der Waals surface area contributed by atoms with Crippen LogP contribution >= 0.6 is 0 Å². The Bertz CT molecular complexity index is 194. The molecule has 0 rings (SSSR count). The first-order chi connectivity index (χ1) is 5.97. The number of hydrogen-bond donors (Lipinski definition) is 3. The second kappa shape index (κ2) is 5.53. The van der Waals surface area contributed by atoms with Crippen LogP contribution in [0.5, 0.6) is 0 Å². The molecule has 0 spiro atoms. The smallest absolute Gasteiger partial charge is 0.325 e. The van der Waals surface area contributed by atoms with Crippen LogP contribution < -0.4 is 11.1 Å².